The quantitative estimate of drug-likeness (QED) is 0.408. The fourth-order valence-corrected chi connectivity index (χ4v) is 6.05. The average Bonchev–Trinajstić information content (AvgIpc) is 3.59. The molecule has 3 N–H and O–H groups in total. The number of benzene rings is 1. The SMILES string of the molecule is [C-]#[N+]CC1(n2nc(Nc3ccc(S(=O)(=O)NCC4CC4)c(F)c3)c3c(=O)[nH]ccc32)CCCCC1. The van der Waals surface area contributed by atoms with Crippen molar-refractivity contribution < 1.29 is 12.8 Å². The number of aromatic amines is 1. The zero-order valence-electron chi connectivity index (χ0n) is 19.2. The van der Waals surface area contributed by atoms with Crippen LogP contribution in [0, 0.1) is 18.3 Å². The molecule has 2 heterocycles. The Labute approximate surface area is 202 Å². The van der Waals surface area contributed by atoms with Gasteiger partial charge in [-0.1, -0.05) is 19.3 Å². The molecule has 2 fully saturated rings. The number of pyridine rings is 1. The van der Waals surface area contributed by atoms with Crippen molar-refractivity contribution in [2.24, 2.45) is 5.92 Å². The van der Waals surface area contributed by atoms with Gasteiger partial charge >= 0.3 is 0 Å². The molecule has 184 valence electrons. The van der Waals surface area contributed by atoms with E-state index in [9.17, 15) is 17.6 Å². The molecule has 5 rings (SSSR count). The summed E-state index contributed by atoms with van der Waals surface area (Å²) in [5, 5.41) is 8.02. The summed E-state index contributed by atoms with van der Waals surface area (Å²) in [7, 11) is -3.96. The standard InChI is InChI=1S/C24H27FN6O3S/c1-26-15-24(10-3-2-4-11-24)31-19-9-12-27-23(32)21(19)22(30-31)29-17-7-8-20(18(25)13-17)35(33,34)28-14-16-5-6-16/h7-9,12-13,16,28H,2-6,10-11,14-15H2,(H,27,32)(H,29,30). The monoisotopic (exact) mass is 498 g/mol. The van der Waals surface area contributed by atoms with E-state index >= 15 is 0 Å². The van der Waals surface area contributed by atoms with E-state index in [-0.39, 0.29) is 23.6 Å². The first kappa shape index (κ1) is 23.5. The Morgan fingerprint density at radius 2 is 2.00 bits per heavy atom. The third-order valence-electron chi connectivity index (χ3n) is 6.95. The Bertz CT molecular complexity index is 1460. The Morgan fingerprint density at radius 1 is 1.23 bits per heavy atom. The number of sulfonamides is 1. The highest BCUT2D eigenvalue weighted by Crippen LogP contribution is 2.38. The van der Waals surface area contributed by atoms with Gasteiger partial charge in [-0.15, -0.1) is 0 Å². The van der Waals surface area contributed by atoms with Crippen LogP contribution in [0.15, 0.2) is 40.2 Å². The fourth-order valence-electron chi connectivity index (χ4n) is 4.88. The van der Waals surface area contributed by atoms with Crippen LogP contribution in [0.5, 0.6) is 0 Å². The van der Waals surface area contributed by atoms with Crippen molar-refractivity contribution in [2.45, 2.75) is 55.4 Å². The van der Waals surface area contributed by atoms with Crippen LogP contribution in [-0.4, -0.2) is 36.3 Å². The number of nitrogens with one attached hydrogen (secondary N) is 3. The van der Waals surface area contributed by atoms with E-state index in [1.807, 2.05) is 0 Å². The van der Waals surface area contributed by atoms with Crippen LogP contribution in [0.3, 0.4) is 0 Å². The van der Waals surface area contributed by atoms with Gasteiger partial charge in [-0.05, 0) is 55.9 Å². The molecule has 2 saturated carbocycles. The van der Waals surface area contributed by atoms with Gasteiger partial charge in [-0.3, -0.25) is 4.79 Å². The van der Waals surface area contributed by atoms with Crippen molar-refractivity contribution in [3.05, 3.63) is 58.1 Å². The van der Waals surface area contributed by atoms with Crippen LogP contribution in [0.2, 0.25) is 0 Å². The van der Waals surface area contributed by atoms with Gasteiger partial charge in [0.25, 0.3) is 5.56 Å². The normalized spacial score (nSPS) is 17.8. The first-order valence-electron chi connectivity index (χ1n) is 11.8. The number of anilines is 2. The molecule has 11 heteroatoms. The lowest BCUT2D eigenvalue weighted by atomic mass is 9.81. The minimum absolute atomic E-state index is 0.235. The Hall–Kier alpha value is -3.23. The summed E-state index contributed by atoms with van der Waals surface area (Å²) < 4.78 is 44.1. The first-order valence-corrected chi connectivity index (χ1v) is 13.3. The molecule has 9 nitrogen and oxygen atoms in total. The maximum Gasteiger partial charge on any atom is 0.261 e. The number of fused-ring (bicyclic) bond motifs is 1. The molecular weight excluding hydrogens is 471 g/mol. The van der Waals surface area contributed by atoms with E-state index in [1.54, 1.807) is 16.9 Å². The molecule has 0 atom stereocenters. The second-order valence-electron chi connectivity index (χ2n) is 9.49. The minimum atomic E-state index is -3.96. The Balaban J connectivity index is 1.51. The number of hydrogen-bond donors (Lipinski definition) is 3. The van der Waals surface area contributed by atoms with Gasteiger partial charge in [-0.25, -0.2) is 28.8 Å². The summed E-state index contributed by atoms with van der Waals surface area (Å²) in [6.07, 6.45) is 8.11. The largest absolute Gasteiger partial charge is 0.338 e. The van der Waals surface area contributed by atoms with Gasteiger partial charge in [-0.2, -0.15) is 5.10 Å². The van der Waals surface area contributed by atoms with Gasteiger partial charge in [0.05, 0.1) is 5.52 Å². The third kappa shape index (κ3) is 4.56. The highest BCUT2D eigenvalue weighted by molar-refractivity contribution is 7.89. The van der Waals surface area contributed by atoms with Crippen molar-refractivity contribution >= 4 is 32.4 Å². The molecule has 2 aliphatic carbocycles. The van der Waals surface area contributed by atoms with Crippen molar-refractivity contribution in [1.29, 1.82) is 0 Å². The summed E-state index contributed by atoms with van der Waals surface area (Å²) in [5.74, 6) is -0.336. The van der Waals surface area contributed by atoms with E-state index in [2.05, 4.69) is 19.9 Å². The van der Waals surface area contributed by atoms with Crippen molar-refractivity contribution in [3.8, 4) is 0 Å². The lowest BCUT2D eigenvalue weighted by Gasteiger charge is -2.33. The summed E-state index contributed by atoms with van der Waals surface area (Å²) >= 11 is 0. The van der Waals surface area contributed by atoms with Crippen LogP contribution >= 0.6 is 0 Å². The highest BCUT2D eigenvalue weighted by atomic mass is 32.2. The average molecular weight is 499 g/mol. The lowest BCUT2D eigenvalue weighted by molar-refractivity contribution is 0.200. The van der Waals surface area contributed by atoms with E-state index < -0.39 is 26.3 Å². The molecule has 0 radical (unpaired) electrons. The molecule has 0 bridgehead atoms. The Kier molecular flexibility index (Phi) is 6.11. The Morgan fingerprint density at radius 3 is 2.69 bits per heavy atom. The molecule has 2 aliphatic rings. The van der Waals surface area contributed by atoms with Gasteiger partial charge < -0.3 is 15.1 Å². The zero-order chi connectivity index (χ0) is 24.6. The number of halogens is 1. The number of aromatic nitrogens is 3. The van der Waals surface area contributed by atoms with Crippen molar-refractivity contribution in [1.82, 2.24) is 19.5 Å². The minimum Gasteiger partial charge on any atom is -0.338 e. The molecule has 0 spiro atoms. The van der Waals surface area contributed by atoms with Crippen LogP contribution in [-0.2, 0) is 15.6 Å². The summed E-state index contributed by atoms with van der Waals surface area (Å²) in [5.41, 5.74) is 0.00332. The van der Waals surface area contributed by atoms with Gasteiger partial charge in [0.2, 0.25) is 16.6 Å². The predicted molar refractivity (Wildman–Crippen MR) is 130 cm³/mol. The predicted octanol–water partition coefficient (Wildman–Crippen LogP) is 3.87. The summed E-state index contributed by atoms with van der Waals surface area (Å²) in [6.45, 7) is 8.07. The number of H-pyrrole nitrogens is 1. The fraction of sp³-hybridized carbons (Fsp3) is 0.458. The van der Waals surface area contributed by atoms with E-state index in [1.165, 1.54) is 12.1 Å². The zero-order valence-corrected chi connectivity index (χ0v) is 20.0. The molecule has 0 amide bonds. The lowest BCUT2D eigenvalue weighted by Crippen LogP contribution is -2.39. The molecule has 3 aromatic rings. The van der Waals surface area contributed by atoms with Crippen molar-refractivity contribution in [2.75, 3.05) is 18.4 Å². The summed E-state index contributed by atoms with van der Waals surface area (Å²) in [4.78, 5) is 18.7. The topological polar surface area (TPSA) is 113 Å². The molecule has 2 aromatic heterocycles. The van der Waals surface area contributed by atoms with Gasteiger partial charge in [0.1, 0.15) is 21.6 Å². The second kappa shape index (κ2) is 9.09. The first-order chi connectivity index (χ1) is 16.8. The van der Waals surface area contributed by atoms with Crippen LogP contribution in [0.25, 0.3) is 15.7 Å². The van der Waals surface area contributed by atoms with E-state index in [4.69, 9.17) is 11.7 Å². The number of nitrogens with zero attached hydrogens (tertiary/aromatic N) is 3. The second-order valence-corrected chi connectivity index (χ2v) is 11.2. The molecule has 0 aliphatic heterocycles. The van der Waals surface area contributed by atoms with Crippen molar-refractivity contribution in [3.63, 3.8) is 0 Å². The molecule has 35 heavy (non-hydrogen) atoms. The third-order valence-corrected chi connectivity index (χ3v) is 8.41. The maximum atomic E-state index is 14.9. The molecule has 1 aromatic carbocycles. The van der Waals surface area contributed by atoms with Crippen LogP contribution < -0.4 is 15.6 Å². The van der Waals surface area contributed by atoms with E-state index in [0.29, 0.717) is 23.4 Å². The van der Waals surface area contributed by atoms with Gasteiger partial charge in [0.15, 0.2) is 5.82 Å². The maximum absolute atomic E-state index is 14.9. The summed E-state index contributed by atoms with van der Waals surface area (Å²) in [6, 6.07) is 5.50. The van der Waals surface area contributed by atoms with Crippen LogP contribution in [0.4, 0.5) is 15.9 Å². The van der Waals surface area contributed by atoms with Gasteiger partial charge in [0, 0.05) is 18.4 Å². The molecule has 0 saturated heterocycles. The number of rotatable bonds is 8. The molecule has 0 unspecified atom stereocenters. The van der Waals surface area contributed by atoms with Crippen LogP contribution in [0.1, 0.15) is 44.9 Å². The number of hydrogen-bond acceptors (Lipinski definition) is 5. The van der Waals surface area contributed by atoms with E-state index in [0.717, 1.165) is 51.0 Å². The smallest absolute Gasteiger partial charge is 0.261 e. The highest BCUT2D eigenvalue weighted by Gasteiger charge is 2.40. The molecular formula is C24H27FN6O3S.